The summed E-state index contributed by atoms with van der Waals surface area (Å²) in [6.07, 6.45) is -2.68. The highest BCUT2D eigenvalue weighted by atomic mass is 19.4. The number of carbonyl (C=O) groups excluding carboxylic acids is 1. The summed E-state index contributed by atoms with van der Waals surface area (Å²) < 4.78 is 35.5. The van der Waals surface area contributed by atoms with Crippen LogP contribution in [0.3, 0.4) is 0 Å². The predicted molar refractivity (Wildman–Crippen MR) is 56.0 cm³/mol. The molecular formula is C10H19F3N2O. The fourth-order valence-electron chi connectivity index (χ4n) is 1.29. The van der Waals surface area contributed by atoms with Gasteiger partial charge in [-0.15, -0.1) is 0 Å². The van der Waals surface area contributed by atoms with Crippen molar-refractivity contribution >= 4 is 5.91 Å². The van der Waals surface area contributed by atoms with E-state index in [9.17, 15) is 18.0 Å². The van der Waals surface area contributed by atoms with Gasteiger partial charge >= 0.3 is 6.18 Å². The summed E-state index contributed by atoms with van der Waals surface area (Å²) in [5.41, 5.74) is 0. The van der Waals surface area contributed by atoms with Gasteiger partial charge in [0.1, 0.15) is 6.54 Å². The number of hydrogen-bond donors (Lipinski definition) is 2. The monoisotopic (exact) mass is 240 g/mol. The van der Waals surface area contributed by atoms with Crippen LogP contribution < -0.4 is 10.6 Å². The number of carbonyl (C=O) groups is 1. The van der Waals surface area contributed by atoms with Crippen molar-refractivity contribution in [2.45, 2.75) is 51.9 Å². The first-order valence-electron chi connectivity index (χ1n) is 5.40. The largest absolute Gasteiger partial charge is 0.405 e. The van der Waals surface area contributed by atoms with Crippen LogP contribution >= 0.6 is 0 Å². The van der Waals surface area contributed by atoms with Crippen molar-refractivity contribution in [2.24, 2.45) is 0 Å². The molecule has 6 heteroatoms. The molecule has 3 nitrogen and oxygen atoms in total. The number of rotatable bonds is 6. The lowest BCUT2D eigenvalue weighted by Gasteiger charge is -2.20. The molecule has 0 aromatic heterocycles. The standard InChI is InChI=1S/C10H19F3N2O/c1-4-8(5-2)15-7(3)9(16)14-6-10(11,12)13/h7-8,15H,4-6H2,1-3H3,(H,14,16). The second-order valence-electron chi connectivity index (χ2n) is 3.73. The van der Waals surface area contributed by atoms with Crippen LogP contribution in [0.25, 0.3) is 0 Å². The zero-order valence-electron chi connectivity index (χ0n) is 9.82. The maximum Gasteiger partial charge on any atom is 0.405 e. The number of hydrogen-bond acceptors (Lipinski definition) is 2. The molecule has 0 radical (unpaired) electrons. The van der Waals surface area contributed by atoms with E-state index in [1.54, 1.807) is 6.92 Å². The molecule has 1 unspecified atom stereocenters. The first-order chi connectivity index (χ1) is 7.30. The number of amides is 1. The van der Waals surface area contributed by atoms with Gasteiger partial charge in [0.05, 0.1) is 6.04 Å². The first-order valence-corrected chi connectivity index (χ1v) is 5.40. The Bertz CT molecular complexity index is 215. The molecule has 2 N–H and O–H groups in total. The molecular weight excluding hydrogens is 221 g/mol. The normalized spacial score (nSPS) is 13.9. The van der Waals surface area contributed by atoms with Gasteiger partial charge in [0.2, 0.25) is 5.91 Å². The molecule has 0 aromatic carbocycles. The molecule has 0 aliphatic carbocycles. The van der Waals surface area contributed by atoms with E-state index in [0.717, 1.165) is 12.8 Å². The van der Waals surface area contributed by atoms with Gasteiger partial charge in [0.25, 0.3) is 0 Å². The second kappa shape index (κ2) is 6.73. The SMILES string of the molecule is CCC(CC)NC(C)C(=O)NCC(F)(F)F. The van der Waals surface area contributed by atoms with Crippen LogP contribution in [-0.4, -0.2) is 30.7 Å². The van der Waals surface area contributed by atoms with E-state index in [1.807, 2.05) is 19.2 Å². The van der Waals surface area contributed by atoms with Crippen LogP contribution in [0.1, 0.15) is 33.6 Å². The van der Waals surface area contributed by atoms with Crippen LogP contribution in [0.4, 0.5) is 13.2 Å². The molecule has 1 amide bonds. The van der Waals surface area contributed by atoms with E-state index < -0.39 is 24.7 Å². The summed E-state index contributed by atoms with van der Waals surface area (Å²) in [6.45, 7) is 4.20. The zero-order chi connectivity index (χ0) is 12.8. The van der Waals surface area contributed by atoms with Gasteiger partial charge in [-0.05, 0) is 19.8 Å². The first kappa shape index (κ1) is 15.2. The minimum absolute atomic E-state index is 0.159. The summed E-state index contributed by atoms with van der Waals surface area (Å²) in [5, 5.41) is 4.82. The van der Waals surface area contributed by atoms with Crippen LogP contribution in [0, 0.1) is 0 Å². The number of nitrogens with one attached hydrogen (secondary N) is 2. The van der Waals surface area contributed by atoms with Crippen molar-refractivity contribution in [3.63, 3.8) is 0 Å². The highest BCUT2D eigenvalue weighted by Gasteiger charge is 2.28. The molecule has 96 valence electrons. The number of alkyl halides is 3. The summed E-state index contributed by atoms with van der Waals surface area (Å²) in [5.74, 6) is -0.621. The molecule has 0 rings (SSSR count). The topological polar surface area (TPSA) is 41.1 Å². The molecule has 0 heterocycles. The van der Waals surface area contributed by atoms with Gasteiger partial charge in [0, 0.05) is 6.04 Å². The Labute approximate surface area is 93.8 Å². The summed E-state index contributed by atoms with van der Waals surface area (Å²) in [7, 11) is 0. The van der Waals surface area contributed by atoms with Gasteiger partial charge in [0.15, 0.2) is 0 Å². The fourth-order valence-corrected chi connectivity index (χ4v) is 1.29. The lowest BCUT2D eigenvalue weighted by Crippen LogP contribution is -2.48. The van der Waals surface area contributed by atoms with Gasteiger partial charge in [-0.1, -0.05) is 13.8 Å². The third-order valence-electron chi connectivity index (χ3n) is 2.33. The Morgan fingerprint density at radius 2 is 1.75 bits per heavy atom. The highest BCUT2D eigenvalue weighted by molar-refractivity contribution is 5.81. The van der Waals surface area contributed by atoms with E-state index >= 15 is 0 Å². The fraction of sp³-hybridized carbons (Fsp3) is 0.900. The quantitative estimate of drug-likeness (QED) is 0.743. The molecule has 0 bridgehead atoms. The van der Waals surface area contributed by atoms with Crippen molar-refractivity contribution in [1.82, 2.24) is 10.6 Å². The Morgan fingerprint density at radius 3 is 2.12 bits per heavy atom. The van der Waals surface area contributed by atoms with Gasteiger partial charge < -0.3 is 10.6 Å². The number of halogens is 3. The Hall–Kier alpha value is -0.780. The van der Waals surface area contributed by atoms with Crippen molar-refractivity contribution < 1.29 is 18.0 Å². The average Bonchev–Trinajstić information content (AvgIpc) is 2.20. The molecule has 16 heavy (non-hydrogen) atoms. The summed E-state index contributed by atoms with van der Waals surface area (Å²) in [4.78, 5) is 11.3. The molecule has 0 spiro atoms. The lowest BCUT2D eigenvalue weighted by molar-refractivity contribution is -0.139. The average molecular weight is 240 g/mol. The van der Waals surface area contributed by atoms with Crippen LogP contribution in [-0.2, 0) is 4.79 Å². The Kier molecular flexibility index (Phi) is 6.40. The molecule has 1 atom stereocenters. The molecule has 0 aliphatic rings. The third-order valence-corrected chi connectivity index (χ3v) is 2.33. The summed E-state index contributed by atoms with van der Waals surface area (Å²) >= 11 is 0. The zero-order valence-corrected chi connectivity index (χ0v) is 9.82. The molecule has 0 aromatic rings. The van der Waals surface area contributed by atoms with E-state index in [-0.39, 0.29) is 6.04 Å². The second-order valence-corrected chi connectivity index (χ2v) is 3.73. The highest BCUT2D eigenvalue weighted by Crippen LogP contribution is 2.12. The van der Waals surface area contributed by atoms with Gasteiger partial charge in [-0.2, -0.15) is 13.2 Å². The van der Waals surface area contributed by atoms with E-state index in [2.05, 4.69) is 5.32 Å². The summed E-state index contributed by atoms with van der Waals surface area (Å²) in [6, 6.07) is -0.445. The van der Waals surface area contributed by atoms with Gasteiger partial charge in [-0.25, -0.2) is 0 Å². The molecule has 0 fully saturated rings. The van der Waals surface area contributed by atoms with Crippen LogP contribution in [0.2, 0.25) is 0 Å². The minimum atomic E-state index is -4.36. The van der Waals surface area contributed by atoms with Gasteiger partial charge in [-0.3, -0.25) is 4.79 Å². The molecule has 0 saturated carbocycles. The van der Waals surface area contributed by atoms with E-state index in [0.29, 0.717) is 0 Å². The lowest BCUT2D eigenvalue weighted by atomic mass is 10.1. The van der Waals surface area contributed by atoms with Crippen molar-refractivity contribution in [1.29, 1.82) is 0 Å². The minimum Gasteiger partial charge on any atom is -0.346 e. The Balaban J connectivity index is 3.99. The third kappa shape index (κ3) is 6.66. The van der Waals surface area contributed by atoms with Crippen LogP contribution in [0.5, 0.6) is 0 Å². The van der Waals surface area contributed by atoms with Crippen molar-refractivity contribution in [3.8, 4) is 0 Å². The molecule has 0 saturated heterocycles. The van der Waals surface area contributed by atoms with E-state index in [1.165, 1.54) is 0 Å². The Morgan fingerprint density at radius 1 is 1.25 bits per heavy atom. The smallest absolute Gasteiger partial charge is 0.346 e. The van der Waals surface area contributed by atoms with Crippen molar-refractivity contribution in [2.75, 3.05) is 6.54 Å². The maximum absolute atomic E-state index is 11.8. The predicted octanol–water partition coefficient (Wildman–Crippen LogP) is 1.83. The van der Waals surface area contributed by atoms with Crippen molar-refractivity contribution in [3.05, 3.63) is 0 Å². The molecule has 0 aliphatic heterocycles. The maximum atomic E-state index is 11.8. The van der Waals surface area contributed by atoms with E-state index in [4.69, 9.17) is 0 Å². The van der Waals surface area contributed by atoms with Crippen LogP contribution in [0.15, 0.2) is 0 Å².